The smallest absolute Gasteiger partial charge is 0.131 e. The highest BCUT2D eigenvalue weighted by atomic mass is 16.5. The second-order valence-corrected chi connectivity index (χ2v) is 12.4. The summed E-state index contributed by atoms with van der Waals surface area (Å²) >= 11 is 0. The fraction of sp³-hybridized carbons (Fsp3) is 0.200. The molecule has 0 aromatic heterocycles. The van der Waals surface area contributed by atoms with Gasteiger partial charge in [0.25, 0.3) is 0 Å². The summed E-state index contributed by atoms with van der Waals surface area (Å²) in [5, 5.41) is 0. The predicted octanol–water partition coefficient (Wildman–Crippen LogP) is 10.7. The van der Waals surface area contributed by atoms with Crippen molar-refractivity contribution in [3.05, 3.63) is 173 Å². The summed E-state index contributed by atoms with van der Waals surface area (Å²) in [5.74, 6) is 5.70. The maximum absolute atomic E-state index is 6.51. The van der Waals surface area contributed by atoms with Crippen LogP contribution < -0.4 is 23.7 Å². The zero-order valence-electron chi connectivity index (χ0n) is 29.1. The SMILES string of the molecule is COc1ccc(CCc2cccc(Oc3cc(CCc4ccc(OC)cc4)cc(Oc4cccc(CCc5ccc(OC)cc5)c4)c3)c2)cc1. The molecule has 0 N–H and O–H groups in total. The number of rotatable bonds is 16. The Bertz CT molecular complexity index is 1830. The van der Waals surface area contributed by atoms with Crippen LogP contribution in [0, 0.1) is 0 Å². The Labute approximate surface area is 296 Å². The van der Waals surface area contributed by atoms with E-state index in [0.717, 1.165) is 84.3 Å². The molecule has 0 heterocycles. The van der Waals surface area contributed by atoms with Gasteiger partial charge in [-0.1, -0.05) is 60.7 Å². The van der Waals surface area contributed by atoms with Gasteiger partial charge in [0, 0.05) is 6.07 Å². The average Bonchev–Trinajstić information content (AvgIpc) is 3.16. The van der Waals surface area contributed by atoms with E-state index >= 15 is 0 Å². The van der Waals surface area contributed by atoms with E-state index in [1.165, 1.54) is 27.8 Å². The number of methoxy groups -OCH3 is 3. The first-order valence-electron chi connectivity index (χ1n) is 17.1. The van der Waals surface area contributed by atoms with Gasteiger partial charge in [-0.2, -0.15) is 0 Å². The van der Waals surface area contributed by atoms with Crippen molar-refractivity contribution in [2.45, 2.75) is 38.5 Å². The normalized spacial score (nSPS) is 10.8. The summed E-state index contributed by atoms with van der Waals surface area (Å²) in [6.07, 6.45) is 5.42. The zero-order valence-corrected chi connectivity index (χ0v) is 29.1. The molecule has 254 valence electrons. The van der Waals surface area contributed by atoms with E-state index in [2.05, 4.69) is 84.9 Å². The molecule has 0 aliphatic carbocycles. The molecule has 6 aromatic carbocycles. The van der Waals surface area contributed by atoms with Crippen LogP contribution in [0.4, 0.5) is 0 Å². The molecule has 0 radical (unpaired) electrons. The molecule has 0 unspecified atom stereocenters. The Balaban J connectivity index is 1.17. The van der Waals surface area contributed by atoms with Crippen molar-refractivity contribution >= 4 is 0 Å². The van der Waals surface area contributed by atoms with Gasteiger partial charge in [-0.25, -0.2) is 0 Å². The van der Waals surface area contributed by atoms with Crippen LogP contribution in [-0.2, 0) is 38.5 Å². The van der Waals surface area contributed by atoms with Gasteiger partial charge >= 0.3 is 0 Å². The highest BCUT2D eigenvalue weighted by Crippen LogP contribution is 2.32. The minimum atomic E-state index is 0.746. The number of hydrogen-bond acceptors (Lipinski definition) is 5. The number of hydrogen-bond donors (Lipinski definition) is 0. The molecule has 6 aromatic rings. The van der Waals surface area contributed by atoms with Gasteiger partial charge in [0.2, 0.25) is 0 Å². The molecule has 0 aliphatic rings. The maximum atomic E-state index is 6.51. The summed E-state index contributed by atoms with van der Waals surface area (Å²) in [6.45, 7) is 0. The molecule has 0 bridgehead atoms. The Kier molecular flexibility index (Phi) is 11.7. The summed E-state index contributed by atoms with van der Waals surface area (Å²) in [7, 11) is 5.07. The second-order valence-electron chi connectivity index (χ2n) is 12.4. The Morgan fingerprint density at radius 3 is 0.960 bits per heavy atom. The molecular weight excluding hydrogens is 620 g/mol. The highest BCUT2D eigenvalue weighted by molar-refractivity contribution is 5.45. The maximum Gasteiger partial charge on any atom is 0.131 e. The molecule has 0 atom stereocenters. The first-order valence-corrected chi connectivity index (χ1v) is 17.1. The number of ether oxygens (including phenoxy) is 5. The van der Waals surface area contributed by atoms with Crippen LogP contribution in [0.25, 0.3) is 0 Å². The van der Waals surface area contributed by atoms with Gasteiger partial charge in [0.1, 0.15) is 40.2 Å². The predicted molar refractivity (Wildman–Crippen MR) is 201 cm³/mol. The van der Waals surface area contributed by atoms with Crippen molar-refractivity contribution in [2.24, 2.45) is 0 Å². The van der Waals surface area contributed by atoms with Crippen LogP contribution in [0.15, 0.2) is 140 Å². The number of aryl methyl sites for hydroxylation is 6. The van der Waals surface area contributed by atoms with E-state index in [9.17, 15) is 0 Å². The quantitative estimate of drug-likeness (QED) is 0.103. The monoisotopic (exact) mass is 664 g/mol. The van der Waals surface area contributed by atoms with Crippen LogP contribution in [-0.4, -0.2) is 21.3 Å². The molecule has 0 saturated heterocycles. The van der Waals surface area contributed by atoms with Gasteiger partial charge < -0.3 is 23.7 Å². The Morgan fingerprint density at radius 1 is 0.280 bits per heavy atom. The van der Waals surface area contributed by atoms with E-state index in [0.29, 0.717) is 0 Å². The van der Waals surface area contributed by atoms with E-state index in [4.69, 9.17) is 23.7 Å². The van der Waals surface area contributed by atoms with Crippen LogP contribution in [0.5, 0.6) is 40.2 Å². The summed E-state index contributed by atoms with van der Waals surface area (Å²) in [6, 6.07) is 47.7. The topological polar surface area (TPSA) is 46.2 Å². The summed E-state index contributed by atoms with van der Waals surface area (Å²) < 4.78 is 29.0. The van der Waals surface area contributed by atoms with Crippen LogP contribution in [0.1, 0.15) is 33.4 Å². The lowest BCUT2D eigenvalue weighted by atomic mass is 10.0. The molecule has 0 fully saturated rings. The summed E-state index contributed by atoms with van der Waals surface area (Å²) in [4.78, 5) is 0. The van der Waals surface area contributed by atoms with Crippen molar-refractivity contribution in [3.63, 3.8) is 0 Å². The average molecular weight is 665 g/mol. The highest BCUT2D eigenvalue weighted by Gasteiger charge is 2.09. The van der Waals surface area contributed by atoms with Crippen molar-refractivity contribution in [3.8, 4) is 40.2 Å². The van der Waals surface area contributed by atoms with Crippen LogP contribution in [0.2, 0.25) is 0 Å². The minimum absolute atomic E-state index is 0.746. The van der Waals surface area contributed by atoms with Crippen molar-refractivity contribution in [1.82, 2.24) is 0 Å². The van der Waals surface area contributed by atoms with Gasteiger partial charge in [-0.15, -0.1) is 0 Å². The van der Waals surface area contributed by atoms with E-state index in [1.54, 1.807) is 21.3 Å². The molecule has 50 heavy (non-hydrogen) atoms. The van der Waals surface area contributed by atoms with Gasteiger partial charge in [0.15, 0.2) is 0 Å². The molecule has 0 saturated carbocycles. The lowest BCUT2D eigenvalue weighted by Gasteiger charge is -2.14. The molecule has 0 amide bonds. The third-order valence-corrected chi connectivity index (χ3v) is 8.79. The molecule has 5 nitrogen and oxygen atoms in total. The minimum Gasteiger partial charge on any atom is -0.497 e. The molecular formula is C45H44O5. The first kappa shape index (κ1) is 34.2. The zero-order chi connectivity index (χ0) is 34.5. The fourth-order valence-corrected chi connectivity index (χ4v) is 5.94. The van der Waals surface area contributed by atoms with Crippen molar-refractivity contribution < 1.29 is 23.7 Å². The van der Waals surface area contributed by atoms with E-state index < -0.39 is 0 Å². The Morgan fingerprint density at radius 2 is 0.600 bits per heavy atom. The van der Waals surface area contributed by atoms with Crippen molar-refractivity contribution in [1.29, 1.82) is 0 Å². The third kappa shape index (κ3) is 9.93. The lowest BCUT2D eigenvalue weighted by molar-refractivity contribution is 0.414. The summed E-state index contributed by atoms with van der Waals surface area (Å²) in [5.41, 5.74) is 7.36. The Hall–Kier alpha value is -5.68. The van der Waals surface area contributed by atoms with Crippen LogP contribution in [0.3, 0.4) is 0 Å². The van der Waals surface area contributed by atoms with Crippen LogP contribution >= 0.6 is 0 Å². The van der Waals surface area contributed by atoms with Gasteiger partial charge in [-0.05, 0) is 145 Å². The largest absolute Gasteiger partial charge is 0.497 e. The molecule has 5 heteroatoms. The fourth-order valence-electron chi connectivity index (χ4n) is 5.94. The second kappa shape index (κ2) is 17.1. The van der Waals surface area contributed by atoms with E-state index in [1.807, 2.05) is 54.6 Å². The molecule has 0 aliphatic heterocycles. The van der Waals surface area contributed by atoms with Gasteiger partial charge in [-0.3, -0.25) is 0 Å². The van der Waals surface area contributed by atoms with Gasteiger partial charge in [0.05, 0.1) is 21.3 Å². The first-order chi connectivity index (χ1) is 24.5. The lowest BCUT2D eigenvalue weighted by Crippen LogP contribution is -1.96. The molecule has 0 spiro atoms. The standard InChI is InChI=1S/C45H44O5/c1-46-39-22-16-33(17-23-39)10-13-36-6-4-8-42(28-36)49-44-30-38(15-12-35-20-26-41(48-3)27-21-35)31-45(32-44)50-43-9-5-7-37(29-43)14-11-34-18-24-40(47-2)25-19-34/h4-9,16-32H,10-15H2,1-3H3. The third-order valence-electron chi connectivity index (χ3n) is 8.79. The molecule has 6 rings (SSSR count). The number of benzene rings is 6. The van der Waals surface area contributed by atoms with Crippen molar-refractivity contribution in [2.75, 3.05) is 21.3 Å². The van der Waals surface area contributed by atoms with E-state index in [-0.39, 0.29) is 0 Å².